The van der Waals surface area contributed by atoms with Crippen LogP contribution in [0.25, 0.3) is 21.6 Å². The number of halogens is 1. The van der Waals surface area contributed by atoms with Gasteiger partial charge in [-0.3, -0.25) is 34.1 Å². The van der Waals surface area contributed by atoms with E-state index in [0.717, 1.165) is 56.7 Å². The quantitative estimate of drug-likeness (QED) is 0.0396. The van der Waals surface area contributed by atoms with Gasteiger partial charge in [0.05, 0.1) is 68.2 Å². The first kappa shape index (κ1) is 60.9. The fraction of sp³-hybridized carbons (Fsp3) is 0.410. The normalized spacial score (nSPS) is 16.8. The number of aryl methyl sites for hydroxylation is 1. The zero-order valence-corrected chi connectivity index (χ0v) is 49.0. The van der Waals surface area contributed by atoms with Gasteiger partial charge in [-0.2, -0.15) is 0 Å². The van der Waals surface area contributed by atoms with Gasteiger partial charge in [0.2, 0.25) is 23.6 Å². The molecule has 23 heteroatoms. The number of nitrogens with one attached hydrogen (secondary N) is 3. The van der Waals surface area contributed by atoms with Crippen molar-refractivity contribution in [1.29, 1.82) is 0 Å². The van der Waals surface area contributed by atoms with Gasteiger partial charge in [-0.25, -0.2) is 14.4 Å². The maximum atomic E-state index is 14.5. The number of ether oxygens (including phenoxy) is 3. The Morgan fingerprint density at radius 2 is 1.49 bits per heavy atom. The lowest BCUT2D eigenvalue weighted by atomic mass is 9.85. The van der Waals surface area contributed by atoms with Crippen molar-refractivity contribution in [3.05, 3.63) is 136 Å². The summed E-state index contributed by atoms with van der Waals surface area (Å²) in [6, 6.07) is 21.5. The van der Waals surface area contributed by atoms with Crippen LogP contribution < -0.4 is 20.9 Å². The number of hydrogen-bond acceptors (Lipinski definition) is 16. The second-order valence-corrected chi connectivity index (χ2v) is 23.7. The highest BCUT2D eigenvalue weighted by atomic mass is 32.1. The lowest BCUT2D eigenvalue weighted by Crippen LogP contribution is -2.57. The summed E-state index contributed by atoms with van der Waals surface area (Å²) in [5.74, 6) is -3.25. The van der Waals surface area contributed by atoms with Gasteiger partial charge in [0, 0.05) is 87.0 Å². The number of phenolic OH excluding ortho intramolecular Hbond substituents is 1. The molecule has 2 aromatic heterocycles. The number of aliphatic hydroxyl groups is 1. The van der Waals surface area contributed by atoms with Crippen LogP contribution >= 0.6 is 22.7 Å². The molecule has 0 radical (unpaired) electrons. The van der Waals surface area contributed by atoms with Crippen molar-refractivity contribution in [2.45, 2.75) is 84.3 Å². The fourth-order valence-corrected chi connectivity index (χ4v) is 11.8. The van der Waals surface area contributed by atoms with E-state index in [4.69, 9.17) is 14.2 Å². The Labute approximate surface area is 494 Å². The van der Waals surface area contributed by atoms with E-state index >= 15 is 0 Å². The Bertz CT molecular complexity index is 3280. The number of aliphatic hydroxyl groups excluding tert-OH is 1. The molecule has 4 aromatic carbocycles. The maximum absolute atomic E-state index is 14.5. The van der Waals surface area contributed by atoms with Crippen molar-refractivity contribution in [3.63, 3.8) is 0 Å². The fourth-order valence-electron chi connectivity index (χ4n) is 10.5. The van der Waals surface area contributed by atoms with Crippen LogP contribution in [0.2, 0.25) is 0 Å². The minimum Gasteiger partial charge on any atom is -0.508 e. The number of anilines is 2. The number of amides is 6. The van der Waals surface area contributed by atoms with Crippen LogP contribution in [0.3, 0.4) is 0 Å². The lowest BCUT2D eigenvalue weighted by Gasteiger charge is -2.36. The SMILES string of the molecule is Cc1ncsc1-c1ccc(CNC(=O)[C@@H]2C[C@@H](O)CN2C(=O)[C@@H](NC(=O)CCOCCOCCOCCC(=O)N2CCN(c3ccc(-c4ccc5c(c4)C(=O)N(C(C(=O)Nc4nccs4)c4cc(F)ccc4O)C5)cc3)CC2)C(C)(C)C)cc1. The predicted molar refractivity (Wildman–Crippen MR) is 315 cm³/mol. The number of piperazine rings is 1. The summed E-state index contributed by atoms with van der Waals surface area (Å²) < 4.78 is 31.4. The van der Waals surface area contributed by atoms with Crippen molar-refractivity contribution in [1.82, 2.24) is 35.3 Å². The molecule has 6 amide bonds. The molecule has 2 saturated heterocycles. The summed E-state index contributed by atoms with van der Waals surface area (Å²) in [4.78, 5) is 97.6. The number of nitrogens with zero attached hydrogens (tertiary/aromatic N) is 6. The number of benzene rings is 4. The van der Waals surface area contributed by atoms with E-state index in [9.17, 15) is 43.4 Å². The first-order chi connectivity index (χ1) is 40.4. The Morgan fingerprint density at radius 1 is 0.810 bits per heavy atom. The van der Waals surface area contributed by atoms with Crippen LogP contribution in [0.5, 0.6) is 5.75 Å². The van der Waals surface area contributed by atoms with Gasteiger partial charge in [0.25, 0.3) is 11.8 Å². The van der Waals surface area contributed by atoms with Gasteiger partial charge in [-0.05, 0) is 76.6 Å². The lowest BCUT2D eigenvalue weighted by molar-refractivity contribution is -0.144. The number of β-amino-alcohol motifs (C(OH)–C–C–N with tert-alkyl or cyclic N) is 1. The van der Waals surface area contributed by atoms with E-state index in [2.05, 4.69) is 30.8 Å². The number of carbonyl (C=O) groups excluding carboxylic acids is 6. The smallest absolute Gasteiger partial charge is 0.255 e. The molecule has 1 unspecified atom stereocenters. The van der Waals surface area contributed by atoms with Crippen molar-refractivity contribution >= 4 is 68.9 Å². The van der Waals surface area contributed by atoms with Crippen LogP contribution in [-0.2, 0) is 51.3 Å². The summed E-state index contributed by atoms with van der Waals surface area (Å²) in [5, 5.41) is 31.8. The molecule has 0 aliphatic carbocycles. The molecule has 2 fully saturated rings. The third-order valence-corrected chi connectivity index (χ3v) is 16.7. The Hall–Kier alpha value is -7.67. The highest BCUT2D eigenvalue weighted by molar-refractivity contribution is 7.14. The molecule has 20 nitrogen and oxygen atoms in total. The maximum Gasteiger partial charge on any atom is 0.255 e. The van der Waals surface area contributed by atoms with E-state index in [1.165, 1.54) is 27.3 Å². The molecule has 0 saturated carbocycles. The van der Waals surface area contributed by atoms with Crippen LogP contribution in [0, 0.1) is 18.2 Å². The number of aromatic nitrogens is 2. The van der Waals surface area contributed by atoms with Gasteiger partial charge in [0.15, 0.2) is 5.13 Å². The van der Waals surface area contributed by atoms with Crippen molar-refractivity contribution < 1.29 is 57.6 Å². The second kappa shape index (κ2) is 27.8. The summed E-state index contributed by atoms with van der Waals surface area (Å²) >= 11 is 2.76. The molecular formula is C61H70FN9O11S2. The topological polar surface area (TPSA) is 245 Å². The molecule has 0 spiro atoms. The summed E-state index contributed by atoms with van der Waals surface area (Å²) in [6.07, 6.45) is 0.956. The minimum absolute atomic E-state index is 0.00371. The highest BCUT2D eigenvalue weighted by Crippen LogP contribution is 2.38. The van der Waals surface area contributed by atoms with Gasteiger partial charge < -0.3 is 54.7 Å². The molecule has 6 aromatic rings. The van der Waals surface area contributed by atoms with Crippen LogP contribution in [0.1, 0.15) is 78.8 Å². The van der Waals surface area contributed by atoms with Gasteiger partial charge >= 0.3 is 0 Å². The zero-order chi connectivity index (χ0) is 59.5. The number of hydrogen-bond donors (Lipinski definition) is 5. The monoisotopic (exact) mass is 1190 g/mol. The van der Waals surface area contributed by atoms with E-state index < -0.39 is 53.2 Å². The second-order valence-electron chi connectivity index (χ2n) is 21.9. The standard InChI is InChI=1S/C61H70FN9O11S2/c1-38-54(84-37-65-38)41-7-5-39(6-8-41)34-64-56(76)49-33-46(72)36-70(49)59(79)55(61(2,3)4)66-51(74)17-24-80-26-28-82-29-27-81-25-18-52(75)69-22-20-68(21-23-69)45-14-11-40(12-15-45)42-9-10-43-35-71(58(78)47(43)31-42)53(48-32-44(62)13-16-50(48)73)57(77)67-60-63-19-30-83-60/h5-16,19,30-32,37,46,49,53,55,72-73H,17-18,20-29,33-36H2,1-4H3,(H,64,76)(H,66,74)(H,63,67,77)/t46-,49+,53?,55-/m1/s1. The van der Waals surface area contributed by atoms with Crippen molar-refractivity contribution in [2.24, 2.45) is 5.41 Å². The average Bonchev–Trinajstić information content (AvgIpc) is 3.01. The molecule has 9 rings (SSSR count). The van der Waals surface area contributed by atoms with Gasteiger partial charge in [-0.15, -0.1) is 22.7 Å². The molecule has 3 aliphatic heterocycles. The molecular weight excluding hydrogens is 1120 g/mol. The third kappa shape index (κ3) is 15.2. The Balaban J connectivity index is 0.635. The predicted octanol–water partition coefficient (Wildman–Crippen LogP) is 6.71. The van der Waals surface area contributed by atoms with Gasteiger partial charge in [-0.1, -0.05) is 69.3 Å². The molecule has 4 atom stereocenters. The van der Waals surface area contributed by atoms with E-state index in [1.807, 2.05) is 93.3 Å². The van der Waals surface area contributed by atoms with Gasteiger partial charge in [0.1, 0.15) is 29.7 Å². The third-order valence-electron chi connectivity index (χ3n) is 15.0. The summed E-state index contributed by atoms with van der Waals surface area (Å²) in [5.41, 5.74) is 7.69. The summed E-state index contributed by atoms with van der Waals surface area (Å²) in [6.45, 7) is 11.5. The number of likely N-dealkylation sites (tertiary alicyclic amines) is 1. The Kier molecular flexibility index (Phi) is 20.2. The first-order valence-electron chi connectivity index (χ1n) is 28.0. The minimum atomic E-state index is -1.33. The number of carbonyl (C=O) groups is 6. The number of thiazole rings is 2. The number of fused-ring (bicyclic) bond motifs is 1. The largest absolute Gasteiger partial charge is 0.508 e. The zero-order valence-electron chi connectivity index (χ0n) is 47.4. The van der Waals surface area contributed by atoms with Crippen molar-refractivity contribution in [2.75, 3.05) is 82.6 Å². The molecule has 5 heterocycles. The number of aromatic hydroxyl groups is 1. The number of rotatable bonds is 24. The van der Waals surface area contributed by atoms with E-state index in [0.29, 0.717) is 49.0 Å². The molecule has 3 aliphatic rings. The van der Waals surface area contributed by atoms with Crippen LogP contribution in [-0.4, -0.2) is 161 Å². The van der Waals surface area contributed by atoms with Crippen molar-refractivity contribution in [3.8, 4) is 27.3 Å². The molecule has 84 heavy (non-hydrogen) atoms. The molecule has 0 bridgehead atoms. The van der Waals surface area contributed by atoms with Crippen LogP contribution in [0.15, 0.2) is 102 Å². The molecule has 444 valence electrons. The first-order valence-corrected chi connectivity index (χ1v) is 29.7. The van der Waals surface area contributed by atoms with E-state index in [-0.39, 0.29) is 101 Å². The van der Waals surface area contributed by atoms with E-state index in [1.54, 1.807) is 28.3 Å². The molecule has 5 N–H and O–H groups in total. The highest BCUT2D eigenvalue weighted by Gasteiger charge is 2.45. The van der Waals surface area contributed by atoms with Crippen LogP contribution in [0.4, 0.5) is 15.2 Å². The number of phenols is 1. The Morgan fingerprint density at radius 3 is 2.15 bits per heavy atom. The summed E-state index contributed by atoms with van der Waals surface area (Å²) in [7, 11) is 0. The average molecular weight is 1190 g/mol.